The third kappa shape index (κ3) is 6.19. The molecule has 0 saturated heterocycles. The van der Waals surface area contributed by atoms with Gasteiger partial charge in [0.15, 0.2) is 0 Å². The van der Waals surface area contributed by atoms with Gasteiger partial charge in [0.25, 0.3) is 0 Å². The van der Waals surface area contributed by atoms with E-state index in [0.29, 0.717) is 15.8 Å². The molecule has 1 amide bonds. The van der Waals surface area contributed by atoms with Crippen LogP contribution in [0.2, 0.25) is 0 Å². The second-order valence-corrected chi connectivity index (χ2v) is 9.08. The summed E-state index contributed by atoms with van der Waals surface area (Å²) in [5.74, 6) is 0.223. The largest absolute Gasteiger partial charge is 0.444 e. The van der Waals surface area contributed by atoms with Crippen molar-refractivity contribution in [3.05, 3.63) is 50.1 Å². The predicted molar refractivity (Wildman–Crippen MR) is 123 cm³/mol. The molecule has 1 aromatic carbocycles. The molecule has 0 aliphatic carbocycles. The molecule has 1 heterocycles. The van der Waals surface area contributed by atoms with Crippen molar-refractivity contribution in [3.63, 3.8) is 0 Å². The molecular weight excluding hydrogens is 483 g/mol. The molecule has 8 heteroatoms. The van der Waals surface area contributed by atoms with Gasteiger partial charge in [-0.1, -0.05) is 25.5 Å². The quantitative estimate of drug-likeness (QED) is 0.575. The van der Waals surface area contributed by atoms with Crippen LogP contribution >= 0.6 is 22.6 Å². The van der Waals surface area contributed by atoms with E-state index >= 15 is 0 Å². The van der Waals surface area contributed by atoms with Crippen LogP contribution in [0.4, 0.5) is 10.6 Å². The Labute approximate surface area is 185 Å². The van der Waals surface area contributed by atoms with Crippen LogP contribution in [-0.4, -0.2) is 32.7 Å². The topological polar surface area (TPSA) is 90.4 Å². The highest BCUT2D eigenvalue weighted by Gasteiger charge is 2.26. The number of amides is 1. The minimum atomic E-state index is -0.550. The van der Waals surface area contributed by atoms with Gasteiger partial charge < -0.3 is 15.4 Å². The zero-order valence-electron chi connectivity index (χ0n) is 17.6. The minimum absolute atomic E-state index is 0.160. The highest BCUT2D eigenvalue weighted by Crippen LogP contribution is 2.24. The highest BCUT2D eigenvalue weighted by molar-refractivity contribution is 14.1. The Morgan fingerprint density at radius 1 is 1.31 bits per heavy atom. The van der Waals surface area contributed by atoms with Gasteiger partial charge in [-0.15, -0.1) is 0 Å². The average molecular weight is 512 g/mol. The normalized spacial score (nSPS) is 12.5. The number of unbranched alkanes of at least 4 members (excludes halogenated alkanes) is 1. The Morgan fingerprint density at radius 2 is 1.93 bits per heavy atom. The van der Waals surface area contributed by atoms with Crippen LogP contribution < -0.4 is 11.4 Å². The number of rotatable bonds is 6. The molecule has 2 N–H and O–H groups in total. The van der Waals surface area contributed by atoms with Crippen molar-refractivity contribution in [2.24, 2.45) is 0 Å². The first-order valence-corrected chi connectivity index (χ1v) is 10.8. The number of carbonyl (C=O) groups is 1. The maximum absolute atomic E-state index is 12.7. The smallest absolute Gasteiger partial charge is 0.410 e. The third-order valence-corrected chi connectivity index (χ3v) is 5.24. The summed E-state index contributed by atoms with van der Waals surface area (Å²) in [5.41, 5.74) is 6.37. The summed E-state index contributed by atoms with van der Waals surface area (Å²) >= 11 is 2.04. The zero-order valence-corrected chi connectivity index (χ0v) is 19.8. The summed E-state index contributed by atoms with van der Waals surface area (Å²) in [4.78, 5) is 30.5. The van der Waals surface area contributed by atoms with Gasteiger partial charge in [0.2, 0.25) is 0 Å². The lowest BCUT2D eigenvalue weighted by atomic mass is 10.1. The van der Waals surface area contributed by atoms with Crippen LogP contribution in [-0.2, 0) is 4.74 Å². The Balaban J connectivity index is 2.29. The lowest BCUT2D eigenvalue weighted by Crippen LogP contribution is -2.39. The molecule has 29 heavy (non-hydrogen) atoms. The summed E-state index contributed by atoms with van der Waals surface area (Å²) in [6.07, 6.45) is 3.22. The second-order valence-electron chi connectivity index (χ2n) is 7.92. The van der Waals surface area contributed by atoms with Crippen LogP contribution in [0.15, 0.2) is 35.3 Å². The van der Waals surface area contributed by atoms with Crippen molar-refractivity contribution in [2.75, 3.05) is 12.3 Å². The number of nitrogen functional groups attached to an aromatic ring is 1. The lowest BCUT2D eigenvalue weighted by molar-refractivity contribution is 0.0170. The second kappa shape index (κ2) is 9.60. The van der Waals surface area contributed by atoms with Crippen LogP contribution in [0.3, 0.4) is 0 Å². The molecule has 1 aromatic heterocycles. The number of anilines is 1. The van der Waals surface area contributed by atoms with E-state index in [0.717, 1.165) is 18.4 Å². The van der Waals surface area contributed by atoms with Gasteiger partial charge >= 0.3 is 11.8 Å². The lowest BCUT2D eigenvalue weighted by Gasteiger charge is -2.32. The van der Waals surface area contributed by atoms with Crippen LogP contribution in [0.5, 0.6) is 0 Å². The van der Waals surface area contributed by atoms with E-state index < -0.39 is 11.3 Å². The molecular formula is C21H29IN4O3. The molecule has 0 aliphatic heterocycles. The highest BCUT2D eigenvalue weighted by atomic mass is 127. The monoisotopic (exact) mass is 512 g/mol. The molecule has 0 saturated carbocycles. The zero-order chi connectivity index (χ0) is 21.8. The average Bonchev–Trinajstić information content (AvgIpc) is 2.63. The molecule has 7 nitrogen and oxygen atoms in total. The first-order chi connectivity index (χ1) is 13.5. The van der Waals surface area contributed by atoms with E-state index in [9.17, 15) is 9.59 Å². The third-order valence-electron chi connectivity index (χ3n) is 4.41. The van der Waals surface area contributed by atoms with Crippen LogP contribution in [0.25, 0.3) is 5.69 Å². The molecule has 2 rings (SSSR count). The maximum atomic E-state index is 12.7. The first kappa shape index (κ1) is 23.2. The Bertz CT molecular complexity index is 904. The molecule has 0 fully saturated rings. The minimum Gasteiger partial charge on any atom is -0.444 e. The fourth-order valence-electron chi connectivity index (χ4n) is 2.82. The van der Waals surface area contributed by atoms with E-state index in [-0.39, 0.29) is 18.0 Å². The number of benzene rings is 1. The number of aromatic nitrogens is 2. The molecule has 0 radical (unpaired) electrons. The fraction of sp³-hybridized carbons (Fsp3) is 0.476. The van der Waals surface area contributed by atoms with E-state index in [4.69, 9.17) is 10.5 Å². The summed E-state index contributed by atoms with van der Waals surface area (Å²) in [6.45, 7) is 10.3. The van der Waals surface area contributed by atoms with Crippen molar-refractivity contribution >= 4 is 34.5 Å². The molecule has 0 bridgehead atoms. The predicted octanol–water partition coefficient (Wildman–Crippen LogP) is 4.52. The number of hydrogen-bond donors (Lipinski definition) is 1. The number of carbonyl (C=O) groups excluding carboxylic acids is 1. The molecule has 0 spiro atoms. The molecule has 2 aromatic rings. The summed E-state index contributed by atoms with van der Waals surface area (Å²) in [7, 11) is 0. The van der Waals surface area contributed by atoms with Crippen LogP contribution in [0.1, 0.15) is 59.1 Å². The van der Waals surface area contributed by atoms with Gasteiger partial charge in [0, 0.05) is 12.7 Å². The molecule has 1 atom stereocenters. The van der Waals surface area contributed by atoms with Gasteiger partial charge in [0.1, 0.15) is 11.4 Å². The molecule has 158 valence electrons. The SMILES string of the molecule is CCCCN(C(=O)OC(C)(C)C)[C@@H](C)c1ccc(-n2cc(I)c(N)nc2=O)cc1. The van der Waals surface area contributed by atoms with Gasteiger partial charge in [-0.25, -0.2) is 9.59 Å². The number of nitrogens with zero attached hydrogens (tertiary/aromatic N) is 3. The number of halogens is 1. The van der Waals surface area contributed by atoms with Crippen molar-refractivity contribution in [1.82, 2.24) is 14.5 Å². The van der Waals surface area contributed by atoms with E-state index in [1.165, 1.54) is 4.57 Å². The number of ether oxygens (including phenoxy) is 1. The Morgan fingerprint density at radius 3 is 2.48 bits per heavy atom. The van der Waals surface area contributed by atoms with Gasteiger partial charge in [-0.2, -0.15) is 4.98 Å². The van der Waals surface area contributed by atoms with Crippen LogP contribution in [0, 0.1) is 3.57 Å². The van der Waals surface area contributed by atoms with Crippen molar-refractivity contribution in [1.29, 1.82) is 0 Å². The number of hydrogen-bond acceptors (Lipinski definition) is 5. The number of nitrogens with two attached hydrogens (primary N) is 1. The van der Waals surface area contributed by atoms with Crippen molar-refractivity contribution in [3.8, 4) is 5.69 Å². The van der Waals surface area contributed by atoms with E-state index in [1.54, 1.807) is 11.1 Å². The first-order valence-electron chi connectivity index (χ1n) is 9.68. The van der Waals surface area contributed by atoms with Crippen molar-refractivity contribution < 1.29 is 9.53 Å². The Hall–Kier alpha value is -2.10. The maximum Gasteiger partial charge on any atom is 0.410 e. The van der Waals surface area contributed by atoms with Gasteiger partial charge in [0.05, 0.1) is 15.3 Å². The standard InChI is InChI=1S/C21H29IN4O3/c1-6-7-12-25(20(28)29-21(3,4)5)14(2)15-8-10-16(11-9-15)26-13-17(22)18(23)24-19(26)27/h8-11,13-14H,6-7,12H2,1-5H3,(H2,23,24,27)/t14-/m0/s1. The molecule has 0 unspecified atom stereocenters. The summed E-state index contributed by atoms with van der Waals surface area (Å²) < 4.78 is 7.75. The van der Waals surface area contributed by atoms with E-state index in [2.05, 4.69) is 11.9 Å². The van der Waals surface area contributed by atoms with Crippen molar-refractivity contribution in [2.45, 2.75) is 59.1 Å². The summed E-state index contributed by atoms with van der Waals surface area (Å²) in [5, 5.41) is 0. The summed E-state index contributed by atoms with van der Waals surface area (Å²) in [6, 6.07) is 7.35. The van der Waals surface area contributed by atoms with E-state index in [1.807, 2.05) is 74.6 Å². The van der Waals surface area contributed by atoms with Gasteiger partial charge in [-0.3, -0.25) is 4.57 Å². The Kier molecular flexibility index (Phi) is 7.67. The molecule has 0 aliphatic rings. The fourth-order valence-corrected chi connectivity index (χ4v) is 3.21. The van der Waals surface area contributed by atoms with Gasteiger partial charge in [-0.05, 0) is 74.4 Å².